The molecule has 1 saturated heterocycles. The molecule has 2 aromatic heterocycles. The third-order valence-corrected chi connectivity index (χ3v) is 5.36. The van der Waals surface area contributed by atoms with Gasteiger partial charge in [0.25, 0.3) is 0 Å². The van der Waals surface area contributed by atoms with Crippen molar-refractivity contribution < 1.29 is 4.74 Å². The molecule has 134 valence electrons. The maximum absolute atomic E-state index is 5.22. The van der Waals surface area contributed by atoms with Gasteiger partial charge in [0.15, 0.2) is 0 Å². The Morgan fingerprint density at radius 1 is 1.04 bits per heavy atom. The molecule has 6 nitrogen and oxygen atoms in total. The summed E-state index contributed by atoms with van der Waals surface area (Å²) in [5.74, 6) is 0.694. The van der Waals surface area contributed by atoms with Crippen LogP contribution in [0.25, 0.3) is 0 Å². The number of piperazine rings is 1. The Kier molecular flexibility index (Phi) is 4.99. The largest absolute Gasteiger partial charge is 0.481 e. The molecule has 6 heteroatoms. The highest BCUT2D eigenvalue weighted by atomic mass is 16.5. The minimum Gasteiger partial charge on any atom is -0.481 e. The molecular weight excluding hydrogens is 314 g/mol. The van der Waals surface area contributed by atoms with Crippen molar-refractivity contribution in [2.24, 2.45) is 0 Å². The number of H-pyrrole nitrogens is 1. The van der Waals surface area contributed by atoms with E-state index in [2.05, 4.69) is 31.0 Å². The Labute approximate surface area is 149 Å². The molecule has 1 N–H and O–H groups in total. The average molecular weight is 341 g/mol. The molecule has 1 aliphatic heterocycles. The molecule has 0 atom stereocenters. The maximum Gasteiger partial charge on any atom is 0.213 e. The quantitative estimate of drug-likeness (QED) is 0.902. The molecule has 0 bridgehead atoms. The average Bonchev–Trinajstić information content (AvgIpc) is 3.07. The molecule has 2 aromatic rings. The fourth-order valence-electron chi connectivity index (χ4n) is 3.89. The Balaban J connectivity index is 1.30. The molecule has 0 saturated carbocycles. The lowest BCUT2D eigenvalue weighted by Crippen LogP contribution is -2.45. The number of rotatable bonds is 5. The number of methoxy groups -OCH3 is 1. The van der Waals surface area contributed by atoms with E-state index in [-0.39, 0.29) is 0 Å². The predicted octanol–water partition coefficient (Wildman–Crippen LogP) is 2.01. The molecule has 3 heterocycles. The number of fused-ring (bicyclic) bond motifs is 1. The number of aromatic nitrogens is 3. The first-order valence-corrected chi connectivity index (χ1v) is 9.31. The molecule has 25 heavy (non-hydrogen) atoms. The molecule has 0 spiro atoms. The second kappa shape index (κ2) is 7.54. The van der Waals surface area contributed by atoms with Gasteiger partial charge < -0.3 is 4.74 Å². The van der Waals surface area contributed by atoms with Crippen molar-refractivity contribution in [1.29, 1.82) is 0 Å². The van der Waals surface area contributed by atoms with Crippen molar-refractivity contribution in [3.05, 3.63) is 40.8 Å². The summed E-state index contributed by atoms with van der Waals surface area (Å²) in [5, 5.41) is 7.85. The highest BCUT2D eigenvalue weighted by Gasteiger charge is 2.22. The summed E-state index contributed by atoms with van der Waals surface area (Å²) in [7, 11) is 1.67. The standard InChI is InChI=1S/C19H27N5O/c1-25-19-8-4-5-15(20-19)13-23-9-11-24(12-10-23)14-18-16-6-2-3-7-17(16)21-22-18/h4-5,8H,2-3,6-7,9-14H2,1H3,(H,21,22). The summed E-state index contributed by atoms with van der Waals surface area (Å²) >= 11 is 0. The lowest BCUT2D eigenvalue weighted by atomic mass is 9.96. The van der Waals surface area contributed by atoms with E-state index in [0.29, 0.717) is 5.88 Å². The molecule has 4 rings (SSSR count). The van der Waals surface area contributed by atoms with Crippen molar-refractivity contribution >= 4 is 0 Å². The highest BCUT2D eigenvalue weighted by molar-refractivity contribution is 5.27. The zero-order valence-corrected chi connectivity index (χ0v) is 15.0. The molecule has 0 radical (unpaired) electrons. The van der Waals surface area contributed by atoms with Gasteiger partial charge >= 0.3 is 0 Å². The smallest absolute Gasteiger partial charge is 0.213 e. The summed E-state index contributed by atoms with van der Waals surface area (Å²) in [6.45, 7) is 6.20. The van der Waals surface area contributed by atoms with Crippen molar-refractivity contribution in [2.45, 2.75) is 38.8 Å². The van der Waals surface area contributed by atoms with Crippen LogP contribution in [0.2, 0.25) is 0 Å². The topological polar surface area (TPSA) is 57.3 Å². The van der Waals surface area contributed by atoms with Gasteiger partial charge in [0.2, 0.25) is 5.88 Å². The van der Waals surface area contributed by atoms with E-state index < -0.39 is 0 Å². The number of aryl methyl sites for hydroxylation is 1. The van der Waals surface area contributed by atoms with Gasteiger partial charge in [-0.25, -0.2) is 4.98 Å². The number of aromatic amines is 1. The number of nitrogens with one attached hydrogen (secondary N) is 1. The van der Waals surface area contributed by atoms with Crippen molar-refractivity contribution in [1.82, 2.24) is 25.0 Å². The van der Waals surface area contributed by atoms with Gasteiger partial charge in [0, 0.05) is 51.0 Å². The van der Waals surface area contributed by atoms with Gasteiger partial charge in [-0.2, -0.15) is 5.10 Å². The number of nitrogens with zero attached hydrogens (tertiary/aromatic N) is 4. The van der Waals surface area contributed by atoms with E-state index in [9.17, 15) is 0 Å². The van der Waals surface area contributed by atoms with Crippen molar-refractivity contribution in [2.75, 3.05) is 33.3 Å². The molecule has 0 unspecified atom stereocenters. The Morgan fingerprint density at radius 3 is 2.60 bits per heavy atom. The number of ether oxygens (including phenoxy) is 1. The van der Waals surface area contributed by atoms with Gasteiger partial charge in [-0.05, 0) is 37.3 Å². The van der Waals surface area contributed by atoms with Crippen LogP contribution in [0.15, 0.2) is 18.2 Å². The third kappa shape index (κ3) is 3.85. The van der Waals surface area contributed by atoms with E-state index >= 15 is 0 Å². The van der Waals surface area contributed by atoms with Crippen LogP contribution in [0.5, 0.6) is 5.88 Å². The van der Waals surface area contributed by atoms with E-state index in [0.717, 1.165) is 45.0 Å². The number of hydrogen-bond donors (Lipinski definition) is 1. The van der Waals surface area contributed by atoms with E-state index in [1.165, 1.54) is 42.6 Å². The summed E-state index contributed by atoms with van der Waals surface area (Å²) in [4.78, 5) is 9.52. The van der Waals surface area contributed by atoms with E-state index in [1.807, 2.05) is 12.1 Å². The summed E-state index contributed by atoms with van der Waals surface area (Å²) in [6, 6.07) is 5.98. The van der Waals surface area contributed by atoms with Crippen molar-refractivity contribution in [3.63, 3.8) is 0 Å². The van der Waals surface area contributed by atoms with Crippen LogP contribution >= 0.6 is 0 Å². The second-order valence-corrected chi connectivity index (χ2v) is 7.06. The monoisotopic (exact) mass is 341 g/mol. The van der Waals surface area contributed by atoms with Gasteiger partial charge in [-0.1, -0.05) is 6.07 Å². The van der Waals surface area contributed by atoms with Gasteiger partial charge in [-0.15, -0.1) is 0 Å². The Morgan fingerprint density at radius 2 is 1.80 bits per heavy atom. The summed E-state index contributed by atoms with van der Waals surface area (Å²) in [6.07, 6.45) is 4.97. The molecule has 2 aliphatic rings. The highest BCUT2D eigenvalue weighted by Crippen LogP contribution is 2.23. The first-order valence-electron chi connectivity index (χ1n) is 9.31. The lowest BCUT2D eigenvalue weighted by molar-refractivity contribution is 0.119. The first kappa shape index (κ1) is 16.5. The van der Waals surface area contributed by atoms with Gasteiger partial charge in [-0.3, -0.25) is 14.9 Å². The second-order valence-electron chi connectivity index (χ2n) is 7.06. The van der Waals surface area contributed by atoms with Crippen LogP contribution in [-0.2, 0) is 25.9 Å². The third-order valence-electron chi connectivity index (χ3n) is 5.36. The van der Waals surface area contributed by atoms with E-state index in [4.69, 9.17) is 4.74 Å². The minimum absolute atomic E-state index is 0.694. The minimum atomic E-state index is 0.694. The van der Waals surface area contributed by atoms with Crippen LogP contribution < -0.4 is 4.74 Å². The van der Waals surface area contributed by atoms with Gasteiger partial charge in [0.05, 0.1) is 18.5 Å². The fourth-order valence-corrected chi connectivity index (χ4v) is 3.89. The Hall–Kier alpha value is -1.92. The van der Waals surface area contributed by atoms with Crippen LogP contribution in [0.3, 0.4) is 0 Å². The van der Waals surface area contributed by atoms with Crippen molar-refractivity contribution in [3.8, 4) is 5.88 Å². The normalized spacial score (nSPS) is 18.9. The zero-order chi connectivity index (χ0) is 17.1. The molecule has 0 amide bonds. The predicted molar refractivity (Wildman–Crippen MR) is 96.6 cm³/mol. The fraction of sp³-hybridized carbons (Fsp3) is 0.579. The summed E-state index contributed by atoms with van der Waals surface area (Å²) in [5.41, 5.74) is 5.23. The van der Waals surface area contributed by atoms with E-state index in [1.54, 1.807) is 7.11 Å². The van der Waals surface area contributed by atoms with Crippen LogP contribution in [0.1, 0.15) is 35.5 Å². The summed E-state index contributed by atoms with van der Waals surface area (Å²) < 4.78 is 5.22. The molecule has 0 aromatic carbocycles. The first-order chi connectivity index (χ1) is 12.3. The van der Waals surface area contributed by atoms with Gasteiger partial charge in [0.1, 0.15) is 0 Å². The maximum atomic E-state index is 5.22. The number of hydrogen-bond acceptors (Lipinski definition) is 5. The molecular formula is C19H27N5O. The van der Waals surface area contributed by atoms with Crippen LogP contribution in [0, 0.1) is 0 Å². The SMILES string of the molecule is COc1cccc(CN2CCN(Cc3n[nH]c4c3CCCC4)CC2)n1. The number of pyridine rings is 1. The Bertz CT molecular complexity index is 706. The zero-order valence-electron chi connectivity index (χ0n) is 15.0. The lowest BCUT2D eigenvalue weighted by Gasteiger charge is -2.34. The van der Waals surface area contributed by atoms with Crippen LogP contribution in [0.4, 0.5) is 0 Å². The van der Waals surface area contributed by atoms with Crippen LogP contribution in [-0.4, -0.2) is 58.3 Å². The molecule has 1 fully saturated rings. The molecule has 1 aliphatic carbocycles.